The molecule has 1 fully saturated rings. The van der Waals surface area contributed by atoms with Crippen LogP contribution < -0.4 is 14.4 Å². The maximum absolute atomic E-state index is 13.1. The Labute approximate surface area is 179 Å². The molecule has 0 aromatic heterocycles. The van der Waals surface area contributed by atoms with E-state index in [4.69, 9.17) is 14.2 Å². The maximum Gasteiger partial charge on any atom is 0.311 e. The molecule has 30 heavy (non-hydrogen) atoms. The Balaban J connectivity index is 1.83. The number of hydrogen-bond donors (Lipinski definition) is 1. The standard InChI is InChI=1S/C23H34N2O5/c1-28-20-13-17-9-12-25(16-22(26)24-10-7-5-4-6-8-11-24)19(15-23(27)30-3)18(17)14-21(20)29-2/h13-14,19H,4-12,15-16H2,1-3H3/p+1/t19-/m1/s1. The molecule has 2 atom stereocenters. The summed E-state index contributed by atoms with van der Waals surface area (Å²) in [5.41, 5.74) is 2.18. The number of methoxy groups -OCH3 is 3. The first-order chi connectivity index (χ1) is 14.6. The number of nitrogens with zero attached hydrogens (tertiary/aromatic N) is 1. The molecule has 166 valence electrons. The predicted octanol–water partition coefficient (Wildman–Crippen LogP) is 1.54. The Morgan fingerprint density at radius 3 is 2.27 bits per heavy atom. The van der Waals surface area contributed by atoms with Crippen molar-refractivity contribution in [3.8, 4) is 11.5 Å². The number of hydrogen-bond acceptors (Lipinski definition) is 5. The number of rotatable bonds is 6. The monoisotopic (exact) mass is 419 g/mol. The first kappa shape index (κ1) is 22.4. The lowest BCUT2D eigenvalue weighted by atomic mass is 9.90. The summed E-state index contributed by atoms with van der Waals surface area (Å²) in [5, 5.41) is 0. The molecule has 7 heteroatoms. The van der Waals surface area contributed by atoms with E-state index in [1.54, 1.807) is 14.2 Å². The van der Waals surface area contributed by atoms with Gasteiger partial charge in [-0.25, -0.2) is 0 Å². The Morgan fingerprint density at radius 1 is 1.00 bits per heavy atom. The molecule has 0 spiro atoms. The van der Waals surface area contributed by atoms with Crippen molar-refractivity contribution in [3.05, 3.63) is 23.3 Å². The quantitative estimate of drug-likeness (QED) is 0.709. The van der Waals surface area contributed by atoms with Gasteiger partial charge in [0.25, 0.3) is 5.91 Å². The topological polar surface area (TPSA) is 69.5 Å². The highest BCUT2D eigenvalue weighted by Crippen LogP contribution is 2.35. The van der Waals surface area contributed by atoms with Gasteiger partial charge in [-0.3, -0.25) is 9.59 Å². The first-order valence-corrected chi connectivity index (χ1v) is 11.0. The second kappa shape index (κ2) is 10.7. The van der Waals surface area contributed by atoms with Gasteiger partial charge in [0.1, 0.15) is 12.5 Å². The summed E-state index contributed by atoms with van der Waals surface area (Å²) in [6, 6.07) is 3.82. The number of benzene rings is 1. The number of esters is 1. The number of nitrogens with one attached hydrogen (secondary N) is 1. The fourth-order valence-electron chi connectivity index (χ4n) is 4.69. The van der Waals surface area contributed by atoms with Crippen LogP contribution in [0.1, 0.15) is 55.7 Å². The summed E-state index contributed by atoms with van der Waals surface area (Å²) in [6.45, 7) is 2.88. The van der Waals surface area contributed by atoms with E-state index in [0.29, 0.717) is 18.0 Å². The average molecular weight is 420 g/mol. The normalized spacial score (nSPS) is 21.8. The summed E-state index contributed by atoms with van der Waals surface area (Å²) in [4.78, 5) is 28.4. The molecule has 1 amide bonds. The van der Waals surface area contributed by atoms with Crippen molar-refractivity contribution in [1.29, 1.82) is 0 Å². The third-order valence-electron chi connectivity index (χ3n) is 6.41. The summed E-state index contributed by atoms with van der Waals surface area (Å²) < 4.78 is 15.9. The number of carbonyl (C=O) groups is 2. The maximum atomic E-state index is 13.1. The molecule has 0 saturated carbocycles. The zero-order valence-electron chi connectivity index (χ0n) is 18.5. The molecule has 1 aromatic carbocycles. The van der Waals surface area contributed by atoms with E-state index in [9.17, 15) is 9.59 Å². The third-order valence-corrected chi connectivity index (χ3v) is 6.41. The number of ether oxygens (including phenoxy) is 3. The van der Waals surface area contributed by atoms with Crippen LogP contribution >= 0.6 is 0 Å². The molecule has 2 aliphatic heterocycles. The predicted molar refractivity (Wildman–Crippen MR) is 113 cm³/mol. The number of carbonyl (C=O) groups excluding carboxylic acids is 2. The van der Waals surface area contributed by atoms with Crippen molar-refractivity contribution in [2.45, 2.75) is 51.0 Å². The van der Waals surface area contributed by atoms with E-state index in [1.165, 1.54) is 26.4 Å². The van der Waals surface area contributed by atoms with Gasteiger partial charge in [0.15, 0.2) is 18.0 Å². The van der Waals surface area contributed by atoms with Gasteiger partial charge in [0.2, 0.25) is 0 Å². The lowest BCUT2D eigenvalue weighted by molar-refractivity contribution is -0.926. The third kappa shape index (κ3) is 5.25. The van der Waals surface area contributed by atoms with E-state index < -0.39 is 0 Å². The summed E-state index contributed by atoms with van der Waals surface area (Å²) in [7, 11) is 4.64. The van der Waals surface area contributed by atoms with E-state index in [1.807, 2.05) is 17.0 Å². The van der Waals surface area contributed by atoms with Crippen LogP contribution in [0.15, 0.2) is 12.1 Å². The molecule has 3 rings (SSSR count). The number of fused-ring (bicyclic) bond motifs is 1. The average Bonchev–Trinajstić information content (AvgIpc) is 2.73. The Morgan fingerprint density at radius 2 is 1.63 bits per heavy atom. The summed E-state index contributed by atoms with van der Waals surface area (Å²) in [5.74, 6) is 1.25. The van der Waals surface area contributed by atoms with Crippen LogP contribution in [0.2, 0.25) is 0 Å². The van der Waals surface area contributed by atoms with Crippen molar-refractivity contribution >= 4 is 11.9 Å². The van der Waals surface area contributed by atoms with Crippen LogP contribution in [0.5, 0.6) is 11.5 Å². The molecular weight excluding hydrogens is 384 g/mol. The molecule has 1 unspecified atom stereocenters. The van der Waals surface area contributed by atoms with E-state index in [2.05, 4.69) is 0 Å². The van der Waals surface area contributed by atoms with Gasteiger partial charge >= 0.3 is 5.97 Å². The smallest absolute Gasteiger partial charge is 0.311 e. The number of likely N-dealkylation sites (tertiary alicyclic amines) is 1. The Bertz CT molecular complexity index is 743. The molecule has 1 N–H and O–H groups in total. The minimum atomic E-state index is -0.265. The van der Waals surface area contributed by atoms with Crippen molar-refractivity contribution in [2.24, 2.45) is 0 Å². The van der Waals surface area contributed by atoms with Gasteiger partial charge in [-0.05, 0) is 30.5 Å². The van der Waals surface area contributed by atoms with Crippen LogP contribution in [0.25, 0.3) is 0 Å². The van der Waals surface area contributed by atoms with Crippen molar-refractivity contribution < 1.29 is 28.7 Å². The Kier molecular flexibility index (Phi) is 7.96. The molecule has 1 saturated heterocycles. The second-order valence-corrected chi connectivity index (χ2v) is 8.22. The molecule has 2 heterocycles. The molecule has 1 aromatic rings. The van der Waals surface area contributed by atoms with Crippen LogP contribution in [-0.2, 0) is 20.7 Å². The van der Waals surface area contributed by atoms with Crippen molar-refractivity contribution in [2.75, 3.05) is 47.5 Å². The summed E-state index contributed by atoms with van der Waals surface area (Å²) >= 11 is 0. The lowest BCUT2D eigenvalue weighted by Gasteiger charge is -2.35. The lowest BCUT2D eigenvalue weighted by Crippen LogP contribution is -3.14. The van der Waals surface area contributed by atoms with Crippen molar-refractivity contribution in [1.82, 2.24) is 4.90 Å². The van der Waals surface area contributed by atoms with E-state index in [0.717, 1.165) is 54.9 Å². The Hall–Kier alpha value is -2.28. The minimum absolute atomic E-state index is 0.139. The van der Waals surface area contributed by atoms with E-state index in [-0.39, 0.29) is 24.3 Å². The zero-order valence-corrected chi connectivity index (χ0v) is 18.5. The molecule has 7 nitrogen and oxygen atoms in total. The highest BCUT2D eigenvalue weighted by Gasteiger charge is 2.36. The van der Waals surface area contributed by atoms with Crippen LogP contribution in [0.3, 0.4) is 0 Å². The van der Waals surface area contributed by atoms with Crippen LogP contribution in [0.4, 0.5) is 0 Å². The molecule has 2 aliphatic rings. The fraction of sp³-hybridized carbons (Fsp3) is 0.652. The molecule has 0 bridgehead atoms. The zero-order chi connectivity index (χ0) is 21.5. The van der Waals surface area contributed by atoms with Gasteiger partial charge in [-0.15, -0.1) is 0 Å². The SMILES string of the molecule is COC(=O)C[C@@H]1c2cc(OC)c(OC)cc2CC[NH+]1CC(=O)N1CCCCCCC1. The second-order valence-electron chi connectivity index (χ2n) is 8.22. The summed E-state index contributed by atoms with van der Waals surface area (Å²) in [6.07, 6.45) is 6.87. The van der Waals surface area contributed by atoms with Gasteiger partial charge in [0, 0.05) is 25.1 Å². The van der Waals surface area contributed by atoms with Gasteiger partial charge in [-0.2, -0.15) is 0 Å². The van der Waals surface area contributed by atoms with Gasteiger partial charge in [0.05, 0.1) is 27.9 Å². The fourth-order valence-corrected chi connectivity index (χ4v) is 4.69. The molecule has 0 aliphatic carbocycles. The first-order valence-electron chi connectivity index (χ1n) is 11.0. The molecular formula is C23H35N2O5+. The minimum Gasteiger partial charge on any atom is -0.493 e. The van der Waals surface area contributed by atoms with Crippen molar-refractivity contribution in [3.63, 3.8) is 0 Å². The van der Waals surface area contributed by atoms with Crippen LogP contribution in [0, 0.1) is 0 Å². The van der Waals surface area contributed by atoms with E-state index >= 15 is 0 Å². The molecule has 0 radical (unpaired) electrons. The van der Waals surface area contributed by atoms with Crippen LogP contribution in [-0.4, -0.2) is 64.3 Å². The largest absolute Gasteiger partial charge is 0.493 e. The highest BCUT2D eigenvalue weighted by atomic mass is 16.5. The number of amides is 1. The number of quaternary nitrogens is 1. The van der Waals surface area contributed by atoms with Gasteiger partial charge < -0.3 is 24.0 Å². The van der Waals surface area contributed by atoms with Gasteiger partial charge in [-0.1, -0.05) is 19.3 Å². The highest BCUT2D eigenvalue weighted by molar-refractivity contribution is 5.77.